The van der Waals surface area contributed by atoms with E-state index in [4.69, 9.17) is 0 Å². The number of thiophene rings is 1. The monoisotopic (exact) mass is 366 g/mol. The second kappa shape index (κ2) is 7.09. The fraction of sp³-hybridized carbons (Fsp3) is 0.312. The minimum Gasteiger partial charge on any atom is -0.378 e. The molecule has 0 radical (unpaired) electrons. The summed E-state index contributed by atoms with van der Waals surface area (Å²) in [5.74, 6) is 0.0191. The Morgan fingerprint density at radius 1 is 1.10 bits per heavy atom. The first-order valence-corrected chi connectivity index (χ1v) is 8.55. The van der Waals surface area contributed by atoms with Gasteiger partial charge in [0.05, 0.1) is 6.04 Å². The number of hydrogen-bond donors (Lipinski definition) is 2. The molecule has 0 aliphatic heterocycles. The van der Waals surface area contributed by atoms with Crippen LogP contribution in [0, 0.1) is 5.92 Å². The smallest absolute Gasteiger partial charge is 0.226 e. The van der Waals surface area contributed by atoms with Crippen LogP contribution in [0.4, 0.5) is 11.4 Å². The van der Waals surface area contributed by atoms with Crippen molar-refractivity contribution in [3.8, 4) is 0 Å². The molecule has 0 saturated carbocycles. The Morgan fingerprint density at radius 3 is 2.24 bits per heavy atom. The van der Waals surface area contributed by atoms with Crippen LogP contribution in [-0.2, 0) is 4.79 Å². The zero-order chi connectivity index (χ0) is 15.4. The first-order valence-electron chi connectivity index (χ1n) is 6.87. The Hall–Kier alpha value is -1.33. The van der Waals surface area contributed by atoms with Crippen molar-refractivity contribution in [3.05, 3.63) is 45.1 Å². The van der Waals surface area contributed by atoms with Crippen LogP contribution in [0.5, 0.6) is 0 Å². The number of anilines is 2. The Balaban J connectivity index is 1.99. The van der Waals surface area contributed by atoms with E-state index < -0.39 is 0 Å². The molecular formula is C16H19BrN2OS. The molecule has 0 aliphatic rings. The van der Waals surface area contributed by atoms with Crippen molar-refractivity contribution in [3.63, 3.8) is 0 Å². The van der Waals surface area contributed by atoms with E-state index in [1.165, 1.54) is 4.88 Å². The van der Waals surface area contributed by atoms with Gasteiger partial charge in [0.25, 0.3) is 0 Å². The first-order chi connectivity index (χ1) is 9.97. The number of nitrogens with one attached hydrogen (secondary N) is 2. The summed E-state index contributed by atoms with van der Waals surface area (Å²) in [5.41, 5.74) is 1.86. The molecule has 0 saturated heterocycles. The normalized spacial score (nSPS) is 12.2. The summed E-state index contributed by atoms with van der Waals surface area (Å²) in [7, 11) is 0. The molecule has 3 nitrogen and oxygen atoms in total. The third-order valence-electron chi connectivity index (χ3n) is 3.10. The van der Waals surface area contributed by atoms with E-state index in [0.717, 1.165) is 15.8 Å². The van der Waals surface area contributed by atoms with Gasteiger partial charge in [0.15, 0.2) is 0 Å². The van der Waals surface area contributed by atoms with Crippen LogP contribution < -0.4 is 10.6 Å². The van der Waals surface area contributed by atoms with E-state index in [0.29, 0.717) is 0 Å². The van der Waals surface area contributed by atoms with Crippen LogP contribution in [0.2, 0.25) is 0 Å². The van der Waals surface area contributed by atoms with Gasteiger partial charge in [-0.15, -0.1) is 11.3 Å². The van der Waals surface area contributed by atoms with E-state index in [1.54, 1.807) is 11.3 Å². The van der Waals surface area contributed by atoms with Gasteiger partial charge in [-0.1, -0.05) is 13.8 Å². The lowest BCUT2D eigenvalue weighted by molar-refractivity contribution is -0.118. The summed E-state index contributed by atoms with van der Waals surface area (Å²) in [5, 5.41) is 8.41. The van der Waals surface area contributed by atoms with Gasteiger partial charge in [-0.3, -0.25) is 4.79 Å². The summed E-state index contributed by atoms with van der Waals surface area (Å²) >= 11 is 5.28. The maximum Gasteiger partial charge on any atom is 0.226 e. The molecule has 1 aromatic heterocycles. The second-order valence-corrected chi connectivity index (χ2v) is 7.02. The number of hydrogen-bond acceptors (Lipinski definition) is 3. The molecule has 1 atom stereocenters. The number of amides is 1. The van der Waals surface area contributed by atoms with Crippen molar-refractivity contribution in [1.29, 1.82) is 0 Å². The van der Waals surface area contributed by atoms with Crippen LogP contribution in [0.1, 0.15) is 31.7 Å². The highest BCUT2D eigenvalue weighted by Gasteiger charge is 2.11. The fourth-order valence-corrected chi connectivity index (χ4v) is 3.59. The van der Waals surface area contributed by atoms with Gasteiger partial charge in [0.2, 0.25) is 5.91 Å². The molecule has 1 aromatic carbocycles. The van der Waals surface area contributed by atoms with Gasteiger partial charge in [-0.2, -0.15) is 0 Å². The van der Waals surface area contributed by atoms with Gasteiger partial charge in [0.1, 0.15) is 0 Å². The Labute approximate surface area is 137 Å². The number of carbonyl (C=O) groups is 1. The van der Waals surface area contributed by atoms with Crippen molar-refractivity contribution in [2.75, 3.05) is 10.6 Å². The molecule has 2 rings (SSSR count). The number of carbonyl (C=O) groups excluding carboxylic acids is 1. The molecule has 1 unspecified atom stereocenters. The van der Waals surface area contributed by atoms with Crippen LogP contribution in [0.3, 0.4) is 0 Å². The standard InChI is InChI=1S/C16H19BrN2OS/c1-10(2)16(20)19-13-6-4-12(5-7-13)18-11(3)15-14(17)8-9-21-15/h4-11,18H,1-3H3,(H,19,20). The van der Waals surface area contributed by atoms with Gasteiger partial charge >= 0.3 is 0 Å². The number of benzene rings is 1. The third-order valence-corrected chi connectivity index (χ3v) is 5.15. The Morgan fingerprint density at radius 2 is 1.71 bits per heavy atom. The van der Waals surface area contributed by atoms with Gasteiger partial charge in [-0.05, 0) is 58.6 Å². The summed E-state index contributed by atoms with van der Waals surface area (Å²) in [6, 6.07) is 10.1. The van der Waals surface area contributed by atoms with Crippen molar-refractivity contribution in [2.45, 2.75) is 26.8 Å². The average molecular weight is 367 g/mol. The predicted molar refractivity (Wildman–Crippen MR) is 94.0 cm³/mol. The minimum absolute atomic E-state index is 0.0148. The van der Waals surface area contributed by atoms with E-state index in [2.05, 4.69) is 44.9 Å². The topological polar surface area (TPSA) is 41.1 Å². The summed E-state index contributed by atoms with van der Waals surface area (Å²) in [4.78, 5) is 12.9. The highest BCUT2D eigenvalue weighted by molar-refractivity contribution is 9.10. The largest absolute Gasteiger partial charge is 0.378 e. The molecular weight excluding hydrogens is 348 g/mol. The van der Waals surface area contributed by atoms with E-state index >= 15 is 0 Å². The van der Waals surface area contributed by atoms with E-state index in [9.17, 15) is 4.79 Å². The maximum absolute atomic E-state index is 11.6. The molecule has 2 aromatic rings. The molecule has 21 heavy (non-hydrogen) atoms. The van der Waals surface area contributed by atoms with Crippen LogP contribution in [0.15, 0.2) is 40.2 Å². The van der Waals surface area contributed by atoms with E-state index in [-0.39, 0.29) is 17.9 Å². The number of halogens is 1. The van der Waals surface area contributed by atoms with Gasteiger partial charge in [0, 0.05) is 26.6 Å². The van der Waals surface area contributed by atoms with Gasteiger partial charge in [-0.25, -0.2) is 0 Å². The molecule has 0 bridgehead atoms. The molecule has 112 valence electrons. The minimum atomic E-state index is -0.0148. The molecule has 2 N–H and O–H groups in total. The summed E-state index contributed by atoms with van der Waals surface area (Å²) < 4.78 is 1.13. The first kappa shape index (κ1) is 16.0. The van der Waals surface area contributed by atoms with Crippen molar-refractivity contribution in [2.24, 2.45) is 5.92 Å². The van der Waals surface area contributed by atoms with Crippen molar-refractivity contribution < 1.29 is 4.79 Å². The lowest BCUT2D eigenvalue weighted by atomic mass is 10.2. The van der Waals surface area contributed by atoms with Gasteiger partial charge < -0.3 is 10.6 Å². The highest BCUT2D eigenvalue weighted by Crippen LogP contribution is 2.31. The Kier molecular flexibility index (Phi) is 5.42. The SMILES string of the molecule is CC(C)C(=O)Nc1ccc(NC(C)c2sccc2Br)cc1. The zero-order valence-electron chi connectivity index (χ0n) is 12.3. The van der Waals surface area contributed by atoms with Crippen molar-refractivity contribution >= 4 is 44.5 Å². The highest BCUT2D eigenvalue weighted by atomic mass is 79.9. The number of rotatable bonds is 5. The molecule has 0 spiro atoms. The van der Waals surface area contributed by atoms with Crippen LogP contribution in [0.25, 0.3) is 0 Å². The maximum atomic E-state index is 11.6. The lowest BCUT2D eigenvalue weighted by Gasteiger charge is -2.15. The molecule has 0 aliphatic carbocycles. The second-order valence-electron chi connectivity index (χ2n) is 5.22. The summed E-state index contributed by atoms with van der Waals surface area (Å²) in [6.45, 7) is 5.89. The molecule has 1 amide bonds. The Bertz CT molecular complexity index is 607. The van der Waals surface area contributed by atoms with E-state index in [1.807, 2.05) is 38.1 Å². The predicted octanol–water partition coefficient (Wildman–Crippen LogP) is 5.28. The average Bonchev–Trinajstić information content (AvgIpc) is 2.87. The molecule has 5 heteroatoms. The van der Waals surface area contributed by atoms with Crippen molar-refractivity contribution in [1.82, 2.24) is 0 Å². The fourth-order valence-electron chi connectivity index (χ4n) is 1.87. The molecule has 1 heterocycles. The zero-order valence-corrected chi connectivity index (χ0v) is 14.7. The molecule has 0 fully saturated rings. The lowest BCUT2D eigenvalue weighted by Crippen LogP contribution is -2.17. The summed E-state index contributed by atoms with van der Waals surface area (Å²) in [6.07, 6.45) is 0. The third kappa shape index (κ3) is 4.32. The quantitative estimate of drug-likeness (QED) is 0.755. The van der Waals surface area contributed by atoms with Crippen LogP contribution >= 0.6 is 27.3 Å². The van der Waals surface area contributed by atoms with Crippen LogP contribution in [-0.4, -0.2) is 5.91 Å².